The Morgan fingerprint density at radius 1 is 1.20 bits per heavy atom. The minimum atomic E-state index is -0.853. The molecule has 108 valence electrons. The fraction of sp³-hybridized carbons (Fsp3) is 0.467. The third kappa shape index (κ3) is 3.05. The molecule has 2 rings (SSSR count). The predicted octanol–water partition coefficient (Wildman–Crippen LogP) is 1.46. The number of hydrogen-bond acceptors (Lipinski definition) is 4. The summed E-state index contributed by atoms with van der Waals surface area (Å²) in [5.74, 6) is -0.698. The van der Waals surface area contributed by atoms with E-state index in [1.807, 2.05) is 0 Å². The Labute approximate surface area is 118 Å². The topological polar surface area (TPSA) is 66.8 Å². The summed E-state index contributed by atoms with van der Waals surface area (Å²) in [4.78, 5) is 25.2. The number of rotatable bonds is 7. The van der Waals surface area contributed by atoms with Crippen LogP contribution in [0.3, 0.4) is 0 Å². The number of β-amino-alcohol motifs (C(OH)–C–C–N with tert-alkyl or cyclic N) is 1. The van der Waals surface area contributed by atoms with Crippen molar-refractivity contribution in [3.05, 3.63) is 35.4 Å². The molecule has 1 atom stereocenters. The SMILES string of the molecule is CCCCOC[C@H](O)CN1C(=O)c2ccccc2C1=O. The van der Waals surface area contributed by atoms with Gasteiger partial charge in [-0.1, -0.05) is 25.5 Å². The first-order chi connectivity index (χ1) is 9.65. The molecule has 0 aromatic heterocycles. The standard InChI is InChI=1S/C15H19NO4/c1-2-3-8-20-10-11(17)9-16-14(18)12-6-4-5-7-13(12)15(16)19/h4-7,11,17H,2-3,8-10H2,1H3/t11-/m1/s1. The summed E-state index contributed by atoms with van der Waals surface area (Å²) in [6.07, 6.45) is 1.10. The highest BCUT2D eigenvalue weighted by atomic mass is 16.5. The minimum Gasteiger partial charge on any atom is -0.389 e. The van der Waals surface area contributed by atoms with Crippen LogP contribution in [-0.4, -0.2) is 47.7 Å². The molecule has 0 radical (unpaired) electrons. The third-order valence-electron chi connectivity index (χ3n) is 3.22. The maximum Gasteiger partial charge on any atom is 0.261 e. The average Bonchev–Trinajstić information content (AvgIpc) is 2.69. The zero-order chi connectivity index (χ0) is 14.5. The number of aliphatic hydroxyl groups is 1. The Morgan fingerprint density at radius 3 is 2.35 bits per heavy atom. The zero-order valence-electron chi connectivity index (χ0n) is 11.5. The van der Waals surface area contributed by atoms with Crippen molar-refractivity contribution in [1.29, 1.82) is 0 Å². The summed E-state index contributed by atoms with van der Waals surface area (Å²) in [5.41, 5.74) is 0.799. The number of nitrogens with zero attached hydrogens (tertiary/aromatic N) is 1. The van der Waals surface area contributed by atoms with Gasteiger partial charge in [-0.3, -0.25) is 14.5 Å². The molecule has 0 saturated carbocycles. The molecular formula is C15H19NO4. The Hall–Kier alpha value is -1.72. The van der Waals surface area contributed by atoms with Crippen LogP contribution in [0.15, 0.2) is 24.3 Å². The van der Waals surface area contributed by atoms with Crippen molar-refractivity contribution >= 4 is 11.8 Å². The number of fused-ring (bicyclic) bond motifs is 1. The van der Waals surface area contributed by atoms with E-state index in [9.17, 15) is 14.7 Å². The van der Waals surface area contributed by atoms with Gasteiger partial charge in [0.1, 0.15) is 0 Å². The molecule has 0 bridgehead atoms. The summed E-state index contributed by atoms with van der Waals surface area (Å²) in [6.45, 7) is 2.74. The van der Waals surface area contributed by atoms with Crippen LogP contribution >= 0.6 is 0 Å². The van der Waals surface area contributed by atoms with Crippen LogP contribution in [0.1, 0.15) is 40.5 Å². The number of aliphatic hydroxyl groups excluding tert-OH is 1. The van der Waals surface area contributed by atoms with E-state index in [0.717, 1.165) is 17.7 Å². The molecule has 1 N–H and O–H groups in total. The van der Waals surface area contributed by atoms with Crippen molar-refractivity contribution in [2.24, 2.45) is 0 Å². The van der Waals surface area contributed by atoms with Crippen molar-refractivity contribution in [1.82, 2.24) is 4.90 Å². The molecule has 1 heterocycles. The second-order valence-corrected chi connectivity index (χ2v) is 4.85. The molecule has 5 nitrogen and oxygen atoms in total. The van der Waals surface area contributed by atoms with Crippen LogP contribution in [0.2, 0.25) is 0 Å². The van der Waals surface area contributed by atoms with Gasteiger partial charge in [-0.05, 0) is 18.6 Å². The number of unbranched alkanes of at least 4 members (excludes halogenated alkanes) is 1. The van der Waals surface area contributed by atoms with Crippen LogP contribution < -0.4 is 0 Å². The molecule has 1 aliphatic heterocycles. The van der Waals surface area contributed by atoms with E-state index in [1.54, 1.807) is 24.3 Å². The first-order valence-corrected chi connectivity index (χ1v) is 6.86. The number of hydrogen-bond donors (Lipinski definition) is 1. The van der Waals surface area contributed by atoms with Crippen LogP contribution in [0.4, 0.5) is 0 Å². The van der Waals surface area contributed by atoms with Crippen LogP contribution in [0, 0.1) is 0 Å². The third-order valence-corrected chi connectivity index (χ3v) is 3.22. The highest BCUT2D eigenvalue weighted by Gasteiger charge is 2.35. The number of carbonyl (C=O) groups is 2. The van der Waals surface area contributed by atoms with E-state index in [-0.39, 0.29) is 25.0 Å². The highest BCUT2D eigenvalue weighted by molar-refractivity contribution is 6.21. The summed E-state index contributed by atoms with van der Waals surface area (Å²) >= 11 is 0. The number of carbonyl (C=O) groups excluding carboxylic acids is 2. The molecule has 0 fully saturated rings. The lowest BCUT2D eigenvalue weighted by Crippen LogP contribution is -2.38. The lowest BCUT2D eigenvalue weighted by atomic mass is 10.1. The second kappa shape index (κ2) is 6.63. The predicted molar refractivity (Wildman–Crippen MR) is 73.5 cm³/mol. The second-order valence-electron chi connectivity index (χ2n) is 4.85. The molecule has 1 aliphatic rings. The van der Waals surface area contributed by atoms with Gasteiger partial charge in [0.25, 0.3) is 11.8 Å². The molecule has 0 aliphatic carbocycles. The lowest BCUT2D eigenvalue weighted by Gasteiger charge is -2.18. The molecule has 20 heavy (non-hydrogen) atoms. The molecule has 0 spiro atoms. The van der Waals surface area contributed by atoms with Crippen molar-refractivity contribution in [3.8, 4) is 0 Å². The largest absolute Gasteiger partial charge is 0.389 e. The van der Waals surface area contributed by atoms with E-state index < -0.39 is 6.10 Å². The van der Waals surface area contributed by atoms with Crippen molar-refractivity contribution < 1.29 is 19.4 Å². The molecular weight excluding hydrogens is 258 g/mol. The normalized spacial score (nSPS) is 15.6. The molecule has 1 aromatic carbocycles. The fourth-order valence-corrected chi connectivity index (χ4v) is 2.13. The van der Waals surface area contributed by atoms with Gasteiger partial charge >= 0.3 is 0 Å². The fourth-order valence-electron chi connectivity index (χ4n) is 2.13. The maximum atomic E-state index is 12.1. The van der Waals surface area contributed by atoms with E-state index in [4.69, 9.17) is 4.74 Å². The quantitative estimate of drug-likeness (QED) is 0.605. The van der Waals surface area contributed by atoms with Crippen molar-refractivity contribution in [2.45, 2.75) is 25.9 Å². The smallest absolute Gasteiger partial charge is 0.261 e. The summed E-state index contributed by atoms with van der Waals surface area (Å²) in [6, 6.07) is 6.69. The number of imide groups is 1. The Balaban J connectivity index is 1.91. The maximum absolute atomic E-state index is 12.1. The first-order valence-electron chi connectivity index (χ1n) is 6.86. The molecule has 0 saturated heterocycles. The van der Waals surface area contributed by atoms with Crippen molar-refractivity contribution in [2.75, 3.05) is 19.8 Å². The summed E-state index contributed by atoms with van der Waals surface area (Å²) in [5, 5.41) is 9.85. The number of amides is 2. The number of ether oxygens (including phenoxy) is 1. The van der Waals surface area contributed by atoms with Gasteiger partial charge in [-0.2, -0.15) is 0 Å². The van der Waals surface area contributed by atoms with Crippen LogP contribution in [0.5, 0.6) is 0 Å². The van der Waals surface area contributed by atoms with E-state index >= 15 is 0 Å². The monoisotopic (exact) mass is 277 g/mol. The van der Waals surface area contributed by atoms with Gasteiger partial charge in [0.2, 0.25) is 0 Å². The highest BCUT2D eigenvalue weighted by Crippen LogP contribution is 2.22. The first kappa shape index (κ1) is 14.7. The van der Waals surface area contributed by atoms with Gasteiger partial charge in [0.05, 0.1) is 30.4 Å². The molecule has 5 heteroatoms. The van der Waals surface area contributed by atoms with E-state index in [1.165, 1.54) is 0 Å². The van der Waals surface area contributed by atoms with Crippen LogP contribution in [0.25, 0.3) is 0 Å². The Morgan fingerprint density at radius 2 is 1.80 bits per heavy atom. The van der Waals surface area contributed by atoms with Gasteiger partial charge in [-0.25, -0.2) is 0 Å². The summed E-state index contributed by atoms with van der Waals surface area (Å²) < 4.78 is 5.29. The number of benzene rings is 1. The Bertz CT molecular complexity index is 465. The van der Waals surface area contributed by atoms with Crippen molar-refractivity contribution in [3.63, 3.8) is 0 Å². The zero-order valence-corrected chi connectivity index (χ0v) is 11.5. The van der Waals surface area contributed by atoms with Gasteiger partial charge in [-0.15, -0.1) is 0 Å². The lowest BCUT2D eigenvalue weighted by molar-refractivity contribution is 0.0169. The summed E-state index contributed by atoms with van der Waals surface area (Å²) in [7, 11) is 0. The van der Waals surface area contributed by atoms with Gasteiger partial charge in [0.15, 0.2) is 0 Å². The van der Waals surface area contributed by atoms with Gasteiger partial charge < -0.3 is 9.84 Å². The molecule has 1 aromatic rings. The van der Waals surface area contributed by atoms with E-state index in [0.29, 0.717) is 17.7 Å². The molecule has 0 unspecified atom stereocenters. The Kier molecular flexibility index (Phi) is 4.87. The van der Waals surface area contributed by atoms with E-state index in [2.05, 4.69) is 6.92 Å². The molecule has 2 amide bonds. The minimum absolute atomic E-state index is 0.0293. The van der Waals surface area contributed by atoms with Gasteiger partial charge in [0, 0.05) is 6.61 Å². The van der Waals surface area contributed by atoms with Crippen LogP contribution in [-0.2, 0) is 4.74 Å². The average molecular weight is 277 g/mol.